The molecule has 0 aliphatic heterocycles. The zero-order chi connectivity index (χ0) is 24.0. The summed E-state index contributed by atoms with van der Waals surface area (Å²) in [5, 5.41) is 23.6. The normalized spacial score (nSPS) is 49.2. The van der Waals surface area contributed by atoms with Gasteiger partial charge in [-0.2, -0.15) is 0 Å². The van der Waals surface area contributed by atoms with Gasteiger partial charge < -0.3 is 14.6 Å². The first-order valence-corrected chi connectivity index (χ1v) is 16.3. The van der Waals surface area contributed by atoms with E-state index in [-0.39, 0.29) is 10.5 Å². The Morgan fingerprint density at radius 3 is 2.25 bits per heavy atom. The van der Waals surface area contributed by atoms with Crippen molar-refractivity contribution in [3.8, 4) is 0 Å². The number of rotatable bonds is 3. The van der Waals surface area contributed by atoms with Crippen LogP contribution < -0.4 is 0 Å². The van der Waals surface area contributed by atoms with Gasteiger partial charge in [-0.3, -0.25) is 0 Å². The Hall–Kier alpha value is -0.163. The Morgan fingerprint density at radius 2 is 1.66 bits per heavy atom. The summed E-state index contributed by atoms with van der Waals surface area (Å²) in [4.78, 5) is 0. The van der Waals surface area contributed by atoms with Crippen LogP contribution >= 0.6 is 0 Å². The summed E-state index contributed by atoms with van der Waals surface area (Å²) < 4.78 is 6.61. The second-order valence-corrected chi connectivity index (χ2v) is 19.0. The van der Waals surface area contributed by atoms with Crippen LogP contribution in [0.2, 0.25) is 18.1 Å². The van der Waals surface area contributed by atoms with Gasteiger partial charge >= 0.3 is 0 Å². The first-order chi connectivity index (χ1) is 14.5. The Morgan fingerprint density at radius 1 is 1.00 bits per heavy atom. The van der Waals surface area contributed by atoms with Gasteiger partial charge in [0.05, 0.1) is 5.60 Å². The summed E-state index contributed by atoms with van der Waals surface area (Å²) >= 11 is 0. The van der Waals surface area contributed by atoms with Crippen LogP contribution in [0.3, 0.4) is 0 Å². The van der Waals surface area contributed by atoms with Gasteiger partial charge in [0.2, 0.25) is 0 Å². The summed E-state index contributed by atoms with van der Waals surface area (Å²) in [7, 11) is -2.10. The number of hydrogen-bond acceptors (Lipinski definition) is 3. The van der Waals surface area contributed by atoms with Crippen molar-refractivity contribution < 1.29 is 14.6 Å². The van der Waals surface area contributed by atoms with Gasteiger partial charge in [-0.25, -0.2) is 0 Å². The number of aliphatic hydroxyl groups is 2. The molecule has 0 aromatic rings. The number of fused-ring (bicyclic) bond motifs is 5. The standard InChI is InChI=1S/C28H50O3Si/c1-10-19-11-12-21-23-22(13-14-25(19,21)5)26(6)15-16-28(30,18-20(26)17-27(23,7)29)31-32(8,9)24(2,3)4/h17,19,21-23,29-30H,10-16,18H2,1-9H3/t19-,21-,22-,23-,25+,26-,27?,28?/m0/s1. The van der Waals surface area contributed by atoms with Crippen molar-refractivity contribution in [2.45, 2.75) is 129 Å². The van der Waals surface area contributed by atoms with Crippen molar-refractivity contribution in [2.75, 3.05) is 0 Å². The third kappa shape index (κ3) is 3.62. The first kappa shape index (κ1) is 24.9. The fourth-order valence-electron chi connectivity index (χ4n) is 8.46. The molecule has 0 heterocycles. The molecule has 3 nitrogen and oxygen atoms in total. The molecular formula is C28H50O3Si. The fraction of sp³-hybridized carbons (Fsp3) is 0.929. The molecule has 32 heavy (non-hydrogen) atoms. The van der Waals surface area contributed by atoms with Crippen LogP contribution in [0, 0.1) is 34.5 Å². The fourth-order valence-corrected chi connectivity index (χ4v) is 9.89. The van der Waals surface area contributed by atoms with E-state index in [1.807, 2.05) is 0 Å². The predicted molar refractivity (Wildman–Crippen MR) is 135 cm³/mol. The molecule has 0 saturated heterocycles. The van der Waals surface area contributed by atoms with Crippen molar-refractivity contribution in [1.82, 2.24) is 0 Å². The monoisotopic (exact) mass is 462 g/mol. The molecule has 4 rings (SSSR count). The van der Waals surface area contributed by atoms with E-state index in [0.29, 0.717) is 36.0 Å². The highest BCUT2D eigenvalue weighted by Gasteiger charge is 2.64. The minimum Gasteiger partial charge on any atom is -0.390 e. The third-order valence-electron chi connectivity index (χ3n) is 11.4. The van der Waals surface area contributed by atoms with E-state index >= 15 is 0 Å². The van der Waals surface area contributed by atoms with Gasteiger partial charge in [0, 0.05) is 12.8 Å². The van der Waals surface area contributed by atoms with Crippen LogP contribution in [0.4, 0.5) is 0 Å². The molecule has 0 aromatic heterocycles. The summed E-state index contributed by atoms with van der Waals surface area (Å²) in [6.45, 7) is 20.5. The highest BCUT2D eigenvalue weighted by molar-refractivity contribution is 6.74. The second-order valence-electron chi connectivity index (χ2n) is 14.3. The van der Waals surface area contributed by atoms with Gasteiger partial charge in [-0.15, -0.1) is 0 Å². The Kier molecular flexibility index (Phi) is 5.78. The van der Waals surface area contributed by atoms with Gasteiger partial charge in [0.1, 0.15) is 0 Å². The molecule has 4 aliphatic carbocycles. The van der Waals surface area contributed by atoms with E-state index in [1.54, 1.807) is 0 Å². The lowest BCUT2D eigenvalue weighted by molar-refractivity contribution is -0.188. The molecule has 4 heteroatoms. The minimum atomic E-state index is -2.10. The van der Waals surface area contributed by atoms with Gasteiger partial charge in [-0.05, 0) is 91.7 Å². The summed E-state index contributed by atoms with van der Waals surface area (Å²) in [5.41, 5.74) is 0.901. The quantitative estimate of drug-likeness (QED) is 0.268. The lowest BCUT2D eigenvalue weighted by Gasteiger charge is -2.62. The molecule has 2 unspecified atom stereocenters. The average Bonchev–Trinajstić information content (AvgIpc) is 2.98. The summed E-state index contributed by atoms with van der Waals surface area (Å²) in [5.74, 6) is 1.15. The van der Waals surface area contributed by atoms with E-state index < -0.39 is 19.7 Å². The molecule has 0 radical (unpaired) electrons. The lowest BCUT2D eigenvalue weighted by atomic mass is 9.44. The molecule has 0 amide bonds. The van der Waals surface area contributed by atoms with E-state index in [0.717, 1.165) is 12.3 Å². The van der Waals surface area contributed by atoms with Gasteiger partial charge in [0.15, 0.2) is 14.1 Å². The highest BCUT2D eigenvalue weighted by Crippen LogP contribution is 2.68. The van der Waals surface area contributed by atoms with E-state index in [4.69, 9.17) is 4.43 Å². The predicted octanol–water partition coefficient (Wildman–Crippen LogP) is 7.05. The van der Waals surface area contributed by atoms with Gasteiger partial charge in [-0.1, -0.05) is 59.6 Å². The molecule has 0 bridgehead atoms. The van der Waals surface area contributed by atoms with Crippen molar-refractivity contribution in [3.05, 3.63) is 11.6 Å². The van der Waals surface area contributed by atoms with Crippen molar-refractivity contribution >= 4 is 8.32 Å². The van der Waals surface area contributed by atoms with E-state index in [9.17, 15) is 10.2 Å². The maximum Gasteiger partial charge on any atom is 0.195 e. The summed E-state index contributed by atoms with van der Waals surface area (Å²) in [6.07, 6.45) is 10.8. The maximum atomic E-state index is 11.9. The minimum absolute atomic E-state index is 0.0626. The molecule has 0 aromatic carbocycles. The van der Waals surface area contributed by atoms with Crippen LogP contribution in [-0.2, 0) is 4.43 Å². The van der Waals surface area contributed by atoms with Crippen LogP contribution in [0.15, 0.2) is 11.6 Å². The third-order valence-corrected chi connectivity index (χ3v) is 15.9. The topological polar surface area (TPSA) is 49.7 Å². The highest BCUT2D eigenvalue weighted by atomic mass is 28.4. The maximum absolute atomic E-state index is 11.9. The molecule has 3 saturated carbocycles. The molecule has 8 atom stereocenters. The lowest BCUT2D eigenvalue weighted by Crippen LogP contribution is -2.60. The smallest absolute Gasteiger partial charge is 0.195 e. The zero-order valence-electron chi connectivity index (χ0n) is 22.3. The van der Waals surface area contributed by atoms with Crippen molar-refractivity contribution in [3.63, 3.8) is 0 Å². The van der Waals surface area contributed by atoms with Crippen molar-refractivity contribution in [2.24, 2.45) is 34.5 Å². The molecule has 184 valence electrons. The Bertz CT molecular complexity index is 780. The largest absolute Gasteiger partial charge is 0.390 e. The molecule has 3 fully saturated rings. The molecular weight excluding hydrogens is 412 g/mol. The van der Waals surface area contributed by atoms with Crippen LogP contribution in [0.5, 0.6) is 0 Å². The molecule has 0 spiro atoms. The summed E-state index contributed by atoms with van der Waals surface area (Å²) in [6, 6.07) is 0. The van der Waals surface area contributed by atoms with Crippen LogP contribution in [-0.4, -0.2) is 29.9 Å². The van der Waals surface area contributed by atoms with E-state index in [2.05, 4.69) is 67.6 Å². The first-order valence-electron chi connectivity index (χ1n) is 13.4. The Balaban J connectivity index is 1.67. The molecule has 4 aliphatic rings. The Labute approximate surface area is 198 Å². The van der Waals surface area contributed by atoms with Crippen LogP contribution in [0.1, 0.15) is 99.8 Å². The van der Waals surface area contributed by atoms with E-state index in [1.165, 1.54) is 37.7 Å². The second kappa shape index (κ2) is 7.42. The molecule has 2 N–H and O–H groups in total. The van der Waals surface area contributed by atoms with Crippen LogP contribution in [0.25, 0.3) is 0 Å². The van der Waals surface area contributed by atoms with Crippen molar-refractivity contribution in [1.29, 1.82) is 0 Å². The SMILES string of the molecule is CC[C@H]1CC[C@H]2[C@H]3[C@H](CC[C@]12C)[C@@]1(C)CCC(O)(O[Si](C)(C)C(C)(C)C)CC1=CC3(C)O. The zero-order valence-corrected chi connectivity index (χ0v) is 23.3. The average molecular weight is 463 g/mol. The number of hydrogen-bond donors (Lipinski definition) is 2. The van der Waals surface area contributed by atoms with Gasteiger partial charge in [0.25, 0.3) is 0 Å².